The van der Waals surface area contributed by atoms with Gasteiger partial charge in [0.1, 0.15) is 5.82 Å². The Morgan fingerprint density at radius 3 is 2.40 bits per heavy atom. The normalized spacial score (nSPS) is 10.3. The van der Waals surface area contributed by atoms with Crippen LogP contribution in [0.2, 0.25) is 5.02 Å². The van der Waals surface area contributed by atoms with E-state index in [1.165, 1.54) is 6.07 Å². The summed E-state index contributed by atoms with van der Waals surface area (Å²) in [6.45, 7) is 0. The molecule has 3 heteroatoms. The van der Waals surface area contributed by atoms with Gasteiger partial charge in [-0.2, -0.15) is 0 Å². The third-order valence-electron chi connectivity index (χ3n) is 2.18. The van der Waals surface area contributed by atoms with Crippen LogP contribution in [0.15, 0.2) is 42.5 Å². The lowest BCUT2D eigenvalue weighted by Crippen LogP contribution is -1.91. The molecule has 1 nitrogen and oxygen atoms in total. The first-order valence-electron chi connectivity index (χ1n) is 4.48. The SMILES string of the molecule is Nc1ccccc1-c1ccc(Cl)cc1F. The van der Waals surface area contributed by atoms with Gasteiger partial charge in [0, 0.05) is 21.8 Å². The lowest BCUT2D eigenvalue weighted by atomic mass is 10.0. The number of hydrogen-bond donors (Lipinski definition) is 1. The van der Waals surface area contributed by atoms with Gasteiger partial charge in [-0.3, -0.25) is 0 Å². The second-order valence-corrected chi connectivity index (χ2v) is 3.65. The van der Waals surface area contributed by atoms with E-state index in [-0.39, 0.29) is 5.82 Å². The van der Waals surface area contributed by atoms with E-state index < -0.39 is 0 Å². The molecule has 2 aromatic rings. The van der Waals surface area contributed by atoms with E-state index in [1.807, 2.05) is 12.1 Å². The first-order valence-corrected chi connectivity index (χ1v) is 4.86. The minimum Gasteiger partial charge on any atom is -0.398 e. The molecule has 0 radical (unpaired) electrons. The quantitative estimate of drug-likeness (QED) is 0.730. The third kappa shape index (κ3) is 1.95. The molecule has 0 amide bonds. The van der Waals surface area contributed by atoms with Crippen molar-refractivity contribution in [2.75, 3.05) is 5.73 Å². The number of anilines is 1. The van der Waals surface area contributed by atoms with Crippen LogP contribution in [0.1, 0.15) is 0 Å². The van der Waals surface area contributed by atoms with Crippen LogP contribution in [0.5, 0.6) is 0 Å². The number of nitrogens with two attached hydrogens (primary N) is 1. The summed E-state index contributed by atoms with van der Waals surface area (Å²) in [7, 11) is 0. The van der Waals surface area contributed by atoms with Crippen LogP contribution >= 0.6 is 11.6 Å². The number of para-hydroxylation sites is 1. The highest BCUT2D eigenvalue weighted by molar-refractivity contribution is 6.30. The molecule has 0 fully saturated rings. The molecule has 2 aromatic carbocycles. The molecular weight excluding hydrogens is 213 g/mol. The van der Waals surface area contributed by atoms with Gasteiger partial charge in [0.25, 0.3) is 0 Å². The molecule has 0 unspecified atom stereocenters. The van der Waals surface area contributed by atoms with Crippen molar-refractivity contribution in [3.8, 4) is 11.1 Å². The van der Waals surface area contributed by atoms with Gasteiger partial charge in [-0.15, -0.1) is 0 Å². The van der Waals surface area contributed by atoms with Crippen LogP contribution in [0, 0.1) is 5.82 Å². The Kier molecular flexibility index (Phi) is 2.60. The smallest absolute Gasteiger partial charge is 0.132 e. The summed E-state index contributed by atoms with van der Waals surface area (Å²) < 4.78 is 13.6. The van der Waals surface area contributed by atoms with Crippen molar-refractivity contribution in [2.45, 2.75) is 0 Å². The number of rotatable bonds is 1. The Morgan fingerprint density at radius 1 is 1.00 bits per heavy atom. The fourth-order valence-electron chi connectivity index (χ4n) is 1.45. The molecule has 2 N–H and O–H groups in total. The van der Waals surface area contributed by atoms with E-state index in [9.17, 15) is 4.39 Å². The second kappa shape index (κ2) is 3.91. The van der Waals surface area contributed by atoms with Crippen molar-refractivity contribution in [1.29, 1.82) is 0 Å². The van der Waals surface area contributed by atoms with Crippen molar-refractivity contribution >= 4 is 17.3 Å². The first-order chi connectivity index (χ1) is 7.18. The fraction of sp³-hybridized carbons (Fsp3) is 0. The monoisotopic (exact) mass is 221 g/mol. The molecule has 15 heavy (non-hydrogen) atoms. The topological polar surface area (TPSA) is 26.0 Å². The molecule has 0 saturated heterocycles. The lowest BCUT2D eigenvalue weighted by Gasteiger charge is -2.06. The standard InChI is InChI=1S/C12H9ClFN/c13-8-5-6-9(11(14)7-8)10-3-1-2-4-12(10)15/h1-7H,15H2. The Bertz CT molecular complexity index is 497. The van der Waals surface area contributed by atoms with Crippen LogP contribution in [0.3, 0.4) is 0 Å². The second-order valence-electron chi connectivity index (χ2n) is 3.21. The van der Waals surface area contributed by atoms with E-state index in [0.29, 0.717) is 21.8 Å². The molecule has 76 valence electrons. The van der Waals surface area contributed by atoms with E-state index >= 15 is 0 Å². The van der Waals surface area contributed by atoms with Gasteiger partial charge in [0.2, 0.25) is 0 Å². The van der Waals surface area contributed by atoms with Crippen molar-refractivity contribution in [2.24, 2.45) is 0 Å². The minimum atomic E-state index is -0.361. The molecule has 2 rings (SSSR count). The molecule has 0 aliphatic carbocycles. The van der Waals surface area contributed by atoms with Crippen molar-refractivity contribution < 1.29 is 4.39 Å². The number of nitrogen functional groups attached to an aromatic ring is 1. The number of benzene rings is 2. The van der Waals surface area contributed by atoms with Gasteiger partial charge in [0.15, 0.2) is 0 Å². The lowest BCUT2D eigenvalue weighted by molar-refractivity contribution is 0.631. The molecule has 0 saturated carbocycles. The van der Waals surface area contributed by atoms with Crippen LogP contribution < -0.4 is 5.73 Å². The zero-order chi connectivity index (χ0) is 10.8. The van der Waals surface area contributed by atoms with Crippen molar-refractivity contribution in [1.82, 2.24) is 0 Å². The zero-order valence-electron chi connectivity index (χ0n) is 7.87. The van der Waals surface area contributed by atoms with E-state index in [4.69, 9.17) is 17.3 Å². The molecule has 0 atom stereocenters. The van der Waals surface area contributed by atoms with Gasteiger partial charge in [-0.05, 0) is 24.3 Å². The third-order valence-corrected chi connectivity index (χ3v) is 2.42. The fourth-order valence-corrected chi connectivity index (χ4v) is 1.61. The van der Waals surface area contributed by atoms with E-state index in [1.54, 1.807) is 24.3 Å². The highest BCUT2D eigenvalue weighted by Gasteiger charge is 2.07. The number of hydrogen-bond acceptors (Lipinski definition) is 1. The van der Waals surface area contributed by atoms with Crippen LogP contribution in [-0.4, -0.2) is 0 Å². The van der Waals surface area contributed by atoms with E-state index in [2.05, 4.69) is 0 Å². The summed E-state index contributed by atoms with van der Waals surface area (Å²) in [6.07, 6.45) is 0. The summed E-state index contributed by atoms with van der Waals surface area (Å²) >= 11 is 5.67. The summed E-state index contributed by atoms with van der Waals surface area (Å²) in [4.78, 5) is 0. The minimum absolute atomic E-state index is 0.361. The van der Waals surface area contributed by atoms with Gasteiger partial charge in [-0.1, -0.05) is 29.8 Å². The molecule has 0 aliphatic heterocycles. The Labute approximate surface area is 92.3 Å². The summed E-state index contributed by atoms with van der Waals surface area (Å²) in [5, 5.41) is 0.380. The Balaban J connectivity index is 2.60. The van der Waals surface area contributed by atoms with Gasteiger partial charge >= 0.3 is 0 Å². The summed E-state index contributed by atoms with van der Waals surface area (Å²) in [5.74, 6) is -0.361. The molecule has 0 bridgehead atoms. The van der Waals surface area contributed by atoms with Crippen LogP contribution in [0.25, 0.3) is 11.1 Å². The molecule has 0 spiro atoms. The van der Waals surface area contributed by atoms with Crippen molar-refractivity contribution in [3.63, 3.8) is 0 Å². The maximum Gasteiger partial charge on any atom is 0.132 e. The van der Waals surface area contributed by atoms with Crippen LogP contribution in [0.4, 0.5) is 10.1 Å². The Hall–Kier alpha value is -1.54. The number of halogens is 2. The van der Waals surface area contributed by atoms with Gasteiger partial charge in [-0.25, -0.2) is 4.39 Å². The molecular formula is C12H9ClFN. The highest BCUT2D eigenvalue weighted by atomic mass is 35.5. The van der Waals surface area contributed by atoms with Gasteiger partial charge in [0.05, 0.1) is 0 Å². The van der Waals surface area contributed by atoms with Gasteiger partial charge < -0.3 is 5.73 Å². The molecule has 0 heterocycles. The summed E-state index contributed by atoms with van der Waals surface area (Å²) in [6, 6.07) is 11.7. The summed E-state index contributed by atoms with van der Waals surface area (Å²) in [5.41, 5.74) is 7.47. The maximum absolute atomic E-state index is 13.6. The molecule has 0 aromatic heterocycles. The van der Waals surface area contributed by atoms with E-state index in [0.717, 1.165) is 0 Å². The maximum atomic E-state index is 13.6. The van der Waals surface area contributed by atoms with Crippen molar-refractivity contribution in [3.05, 3.63) is 53.3 Å². The predicted octanol–water partition coefficient (Wildman–Crippen LogP) is 3.73. The Morgan fingerprint density at radius 2 is 1.73 bits per heavy atom. The zero-order valence-corrected chi connectivity index (χ0v) is 8.63. The molecule has 0 aliphatic rings. The average Bonchev–Trinajstić information content (AvgIpc) is 2.20. The average molecular weight is 222 g/mol. The first kappa shape index (κ1) is 9.99. The van der Waals surface area contributed by atoms with Crippen LogP contribution in [-0.2, 0) is 0 Å². The highest BCUT2D eigenvalue weighted by Crippen LogP contribution is 2.29. The largest absolute Gasteiger partial charge is 0.398 e. The predicted molar refractivity (Wildman–Crippen MR) is 61.3 cm³/mol.